The summed E-state index contributed by atoms with van der Waals surface area (Å²) in [5, 5.41) is 0. The van der Waals surface area contributed by atoms with Crippen LogP contribution < -0.4 is 11.2 Å². The first-order valence-corrected chi connectivity index (χ1v) is 8.89. The summed E-state index contributed by atoms with van der Waals surface area (Å²) in [5.41, 5.74) is 0.419. The van der Waals surface area contributed by atoms with Gasteiger partial charge in [0.25, 0.3) is 5.56 Å². The molecule has 0 amide bonds. The minimum atomic E-state index is -0.281. The predicted octanol–water partition coefficient (Wildman–Crippen LogP) is 1.09. The van der Waals surface area contributed by atoms with Gasteiger partial charge in [-0.15, -0.1) is 0 Å². The highest BCUT2D eigenvalue weighted by Gasteiger charge is 2.20. The minimum absolute atomic E-state index is 0.237. The topological polar surface area (TPSA) is 65.1 Å². The molecule has 3 rings (SSSR count). The van der Waals surface area contributed by atoms with E-state index in [1.54, 1.807) is 25.0 Å². The maximum Gasteiger partial charge on any atom is 0.332 e. The van der Waals surface area contributed by atoms with Crippen LogP contribution >= 0.6 is 0 Å². The molecule has 1 aliphatic rings. The van der Waals surface area contributed by atoms with Crippen LogP contribution in [0.3, 0.4) is 0 Å². The van der Waals surface area contributed by atoms with Crippen molar-refractivity contribution in [3.63, 3.8) is 0 Å². The van der Waals surface area contributed by atoms with Crippen molar-refractivity contribution in [2.75, 3.05) is 13.1 Å². The summed E-state index contributed by atoms with van der Waals surface area (Å²) >= 11 is 0. The number of nitrogens with zero attached hydrogens (tertiary/aromatic N) is 5. The van der Waals surface area contributed by atoms with Gasteiger partial charge in [-0.05, 0) is 32.2 Å². The zero-order valence-corrected chi connectivity index (χ0v) is 14.9. The van der Waals surface area contributed by atoms with E-state index in [0.29, 0.717) is 23.8 Å². The quantitative estimate of drug-likeness (QED) is 0.821. The molecule has 132 valence electrons. The van der Waals surface area contributed by atoms with E-state index in [1.165, 1.54) is 34.8 Å². The first kappa shape index (κ1) is 17.0. The lowest BCUT2D eigenvalue weighted by molar-refractivity contribution is 0.140. The van der Waals surface area contributed by atoms with Crippen LogP contribution in [0.5, 0.6) is 0 Å². The summed E-state index contributed by atoms with van der Waals surface area (Å²) in [5.74, 6) is 0. The average molecular weight is 333 g/mol. The summed E-state index contributed by atoms with van der Waals surface area (Å²) in [6.07, 6.45) is 7.39. The monoisotopic (exact) mass is 333 g/mol. The van der Waals surface area contributed by atoms with Gasteiger partial charge >= 0.3 is 5.69 Å². The zero-order valence-electron chi connectivity index (χ0n) is 14.9. The van der Waals surface area contributed by atoms with Gasteiger partial charge in [0.2, 0.25) is 0 Å². The lowest BCUT2D eigenvalue weighted by Gasteiger charge is -2.35. The smallest absolute Gasteiger partial charge is 0.328 e. The third kappa shape index (κ3) is 2.92. The standard InChI is InChI=1S/C17H27N5O2/c1-4-13-8-5-6-9-21(13)10-7-11-22-16(23)14-15(18-12-19(14)2)20(3)17(22)24/h12-13H,4-11H2,1-3H3/t13-/m0/s1. The fourth-order valence-corrected chi connectivity index (χ4v) is 3.84. The minimum Gasteiger partial charge on any atom is -0.328 e. The molecule has 0 N–H and O–H groups in total. The van der Waals surface area contributed by atoms with Crippen LogP contribution in [0, 0.1) is 0 Å². The molecule has 24 heavy (non-hydrogen) atoms. The second kappa shape index (κ2) is 6.93. The molecule has 1 atom stereocenters. The van der Waals surface area contributed by atoms with Gasteiger partial charge in [-0.2, -0.15) is 0 Å². The number of rotatable bonds is 5. The third-order valence-electron chi connectivity index (χ3n) is 5.25. The number of aryl methyl sites for hydroxylation is 2. The van der Waals surface area contributed by atoms with Crippen LogP contribution in [-0.4, -0.2) is 42.7 Å². The molecular formula is C17H27N5O2. The van der Waals surface area contributed by atoms with E-state index in [0.717, 1.165) is 19.5 Å². The largest absolute Gasteiger partial charge is 0.332 e. The Morgan fingerprint density at radius 2 is 2.00 bits per heavy atom. The van der Waals surface area contributed by atoms with Gasteiger partial charge in [0.1, 0.15) is 0 Å². The summed E-state index contributed by atoms with van der Waals surface area (Å²) in [6, 6.07) is 0.651. The molecule has 1 fully saturated rings. The molecule has 0 aromatic carbocycles. The molecular weight excluding hydrogens is 306 g/mol. The predicted molar refractivity (Wildman–Crippen MR) is 94.3 cm³/mol. The van der Waals surface area contributed by atoms with E-state index >= 15 is 0 Å². The Bertz CT molecular complexity index is 832. The van der Waals surface area contributed by atoms with Gasteiger partial charge in [0, 0.05) is 33.2 Å². The van der Waals surface area contributed by atoms with Crippen LogP contribution in [0.2, 0.25) is 0 Å². The molecule has 7 heteroatoms. The van der Waals surface area contributed by atoms with Crippen LogP contribution in [0.15, 0.2) is 15.9 Å². The SMILES string of the molecule is CC[C@H]1CCCCN1CCCn1c(=O)c2c(ncn2C)n(C)c1=O. The van der Waals surface area contributed by atoms with Crippen LogP contribution in [0.1, 0.15) is 39.0 Å². The maximum absolute atomic E-state index is 12.7. The normalized spacial score (nSPS) is 19.2. The number of hydrogen-bond acceptors (Lipinski definition) is 4. The van der Waals surface area contributed by atoms with E-state index in [1.807, 2.05) is 0 Å². The van der Waals surface area contributed by atoms with Crippen molar-refractivity contribution >= 4 is 11.2 Å². The van der Waals surface area contributed by atoms with Crippen molar-refractivity contribution in [1.82, 2.24) is 23.6 Å². The van der Waals surface area contributed by atoms with Crippen LogP contribution in [0.25, 0.3) is 11.2 Å². The molecule has 3 heterocycles. The highest BCUT2D eigenvalue weighted by atomic mass is 16.2. The lowest BCUT2D eigenvalue weighted by atomic mass is 10.00. The zero-order chi connectivity index (χ0) is 17.3. The Morgan fingerprint density at radius 3 is 2.75 bits per heavy atom. The average Bonchev–Trinajstić information content (AvgIpc) is 2.98. The maximum atomic E-state index is 12.7. The third-order valence-corrected chi connectivity index (χ3v) is 5.25. The van der Waals surface area contributed by atoms with E-state index in [9.17, 15) is 9.59 Å². The van der Waals surface area contributed by atoms with E-state index in [2.05, 4.69) is 16.8 Å². The molecule has 1 aliphatic heterocycles. The molecule has 0 unspecified atom stereocenters. The Morgan fingerprint density at radius 1 is 1.21 bits per heavy atom. The van der Waals surface area contributed by atoms with Gasteiger partial charge in [-0.1, -0.05) is 13.3 Å². The molecule has 0 radical (unpaired) electrons. The number of piperidine rings is 1. The molecule has 0 saturated carbocycles. The van der Waals surface area contributed by atoms with Gasteiger partial charge in [-0.3, -0.25) is 13.9 Å². The summed E-state index contributed by atoms with van der Waals surface area (Å²) < 4.78 is 4.51. The van der Waals surface area contributed by atoms with E-state index in [-0.39, 0.29) is 11.2 Å². The van der Waals surface area contributed by atoms with Gasteiger partial charge < -0.3 is 9.47 Å². The molecule has 0 spiro atoms. The fourth-order valence-electron chi connectivity index (χ4n) is 3.84. The van der Waals surface area contributed by atoms with Gasteiger partial charge in [0.15, 0.2) is 11.2 Å². The number of aromatic nitrogens is 4. The van der Waals surface area contributed by atoms with E-state index < -0.39 is 0 Å². The van der Waals surface area contributed by atoms with Crippen molar-refractivity contribution in [1.29, 1.82) is 0 Å². The van der Waals surface area contributed by atoms with E-state index in [4.69, 9.17) is 0 Å². The number of imidazole rings is 1. The number of likely N-dealkylation sites (tertiary alicyclic amines) is 1. The first-order chi connectivity index (χ1) is 11.5. The van der Waals surface area contributed by atoms with Gasteiger partial charge in [-0.25, -0.2) is 9.78 Å². The van der Waals surface area contributed by atoms with Crippen LogP contribution in [0.4, 0.5) is 0 Å². The summed E-state index contributed by atoms with van der Waals surface area (Å²) in [4.78, 5) is 31.8. The first-order valence-electron chi connectivity index (χ1n) is 8.89. The molecule has 7 nitrogen and oxygen atoms in total. The summed E-state index contributed by atoms with van der Waals surface area (Å²) in [7, 11) is 3.45. The fraction of sp³-hybridized carbons (Fsp3) is 0.706. The molecule has 2 aromatic heterocycles. The highest BCUT2D eigenvalue weighted by Crippen LogP contribution is 2.19. The molecule has 2 aromatic rings. The Hall–Kier alpha value is -1.89. The van der Waals surface area contributed by atoms with Crippen molar-refractivity contribution < 1.29 is 0 Å². The summed E-state index contributed by atoms with van der Waals surface area (Å²) in [6.45, 7) is 4.77. The van der Waals surface area contributed by atoms with Crippen molar-refractivity contribution in [2.45, 2.75) is 51.6 Å². The Balaban J connectivity index is 1.79. The second-order valence-corrected chi connectivity index (χ2v) is 6.77. The number of fused-ring (bicyclic) bond motifs is 1. The Labute approximate surface area is 141 Å². The Kier molecular flexibility index (Phi) is 4.89. The van der Waals surface area contributed by atoms with Crippen molar-refractivity contribution in [2.24, 2.45) is 14.1 Å². The number of hydrogen-bond donors (Lipinski definition) is 0. The van der Waals surface area contributed by atoms with Gasteiger partial charge in [0.05, 0.1) is 6.33 Å². The molecule has 1 saturated heterocycles. The lowest BCUT2D eigenvalue weighted by Crippen LogP contribution is -2.42. The van der Waals surface area contributed by atoms with Crippen molar-refractivity contribution in [3.8, 4) is 0 Å². The molecule has 0 bridgehead atoms. The van der Waals surface area contributed by atoms with Crippen LogP contribution in [-0.2, 0) is 20.6 Å². The second-order valence-electron chi connectivity index (χ2n) is 6.77. The van der Waals surface area contributed by atoms with Crippen molar-refractivity contribution in [3.05, 3.63) is 27.2 Å². The highest BCUT2D eigenvalue weighted by molar-refractivity contribution is 5.69. The molecule has 0 aliphatic carbocycles.